The van der Waals surface area contributed by atoms with Gasteiger partial charge in [0.05, 0.1) is 12.2 Å². The number of hydrogen-bond acceptors (Lipinski definition) is 3. The minimum atomic E-state index is -0.390. The predicted molar refractivity (Wildman–Crippen MR) is 96.7 cm³/mol. The minimum absolute atomic E-state index is 0.0984. The third-order valence-electron chi connectivity index (χ3n) is 4.55. The highest BCUT2D eigenvalue weighted by atomic mass is 19.1. The van der Waals surface area contributed by atoms with Gasteiger partial charge in [0, 0.05) is 17.6 Å². The number of rotatable bonds is 6. The highest BCUT2D eigenvalue weighted by molar-refractivity contribution is 5.92. The van der Waals surface area contributed by atoms with E-state index in [1.807, 2.05) is 0 Å². The molecule has 2 aromatic rings. The smallest absolute Gasteiger partial charge is 0.338 e. The first-order chi connectivity index (χ1) is 12.5. The van der Waals surface area contributed by atoms with E-state index in [2.05, 4.69) is 10.6 Å². The first kappa shape index (κ1) is 17.9. The van der Waals surface area contributed by atoms with E-state index in [4.69, 9.17) is 4.74 Å². The van der Waals surface area contributed by atoms with Gasteiger partial charge in [-0.25, -0.2) is 14.0 Å². The first-order valence-corrected chi connectivity index (χ1v) is 8.60. The van der Waals surface area contributed by atoms with Crippen LogP contribution in [0.25, 0.3) is 0 Å². The number of nitrogens with one attached hydrogen (secondary N) is 2. The molecule has 0 saturated heterocycles. The molecule has 2 N–H and O–H groups in total. The lowest BCUT2D eigenvalue weighted by Gasteiger charge is -2.17. The zero-order chi connectivity index (χ0) is 18.6. The average molecular weight is 356 g/mol. The van der Waals surface area contributed by atoms with E-state index in [1.54, 1.807) is 43.3 Å². The molecule has 136 valence electrons. The molecule has 0 radical (unpaired) electrons. The van der Waals surface area contributed by atoms with Gasteiger partial charge in [0.2, 0.25) is 0 Å². The number of benzene rings is 2. The third-order valence-corrected chi connectivity index (χ3v) is 4.55. The van der Waals surface area contributed by atoms with Crippen molar-refractivity contribution in [2.24, 2.45) is 0 Å². The Kier molecular flexibility index (Phi) is 5.21. The van der Waals surface area contributed by atoms with Crippen molar-refractivity contribution in [1.29, 1.82) is 0 Å². The number of carbonyl (C=O) groups is 2. The summed E-state index contributed by atoms with van der Waals surface area (Å²) in [4.78, 5) is 23.7. The van der Waals surface area contributed by atoms with Crippen LogP contribution in [-0.2, 0) is 10.2 Å². The molecule has 5 nitrogen and oxygen atoms in total. The van der Waals surface area contributed by atoms with Crippen LogP contribution in [0.3, 0.4) is 0 Å². The molecule has 0 spiro atoms. The Balaban J connectivity index is 1.53. The molecule has 26 heavy (non-hydrogen) atoms. The number of hydrogen-bond donors (Lipinski definition) is 2. The van der Waals surface area contributed by atoms with Gasteiger partial charge in [-0.3, -0.25) is 0 Å². The van der Waals surface area contributed by atoms with Crippen molar-refractivity contribution in [3.8, 4) is 0 Å². The third kappa shape index (κ3) is 4.20. The quantitative estimate of drug-likeness (QED) is 0.773. The number of ether oxygens (including phenoxy) is 1. The summed E-state index contributed by atoms with van der Waals surface area (Å²) in [5, 5.41) is 5.61. The van der Waals surface area contributed by atoms with Crippen LogP contribution in [0.5, 0.6) is 0 Å². The molecule has 0 bridgehead atoms. The molecule has 1 aliphatic rings. The van der Waals surface area contributed by atoms with Gasteiger partial charge in [-0.2, -0.15) is 0 Å². The van der Waals surface area contributed by atoms with Crippen molar-refractivity contribution in [1.82, 2.24) is 5.32 Å². The van der Waals surface area contributed by atoms with E-state index in [1.165, 1.54) is 12.1 Å². The molecule has 0 heterocycles. The average Bonchev–Trinajstić information content (AvgIpc) is 3.43. The summed E-state index contributed by atoms with van der Waals surface area (Å²) < 4.78 is 18.0. The number of anilines is 1. The van der Waals surface area contributed by atoms with Gasteiger partial charge in [-0.05, 0) is 61.7 Å². The van der Waals surface area contributed by atoms with E-state index < -0.39 is 5.97 Å². The standard InChI is InChI=1S/C20H21FN2O3/c1-2-26-18(24)14-3-9-17(10-4-14)23-19(25)22-13-20(11-12-20)15-5-7-16(21)8-6-15/h3-10H,2,11-13H2,1H3,(H2,22,23,25). The lowest BCUT2D eigenvalue weighted by Crippen LogP contribution is -2.35. The second kappa shape index (κ2) is 7.56. The maximum atomic E-state index is 13.1. The Morgan fingerprint density at radius 2 is 1.73 bits per heavy atom. The minimum Gasteiger partial charge on any atom is -0.462 e. The van der Waals surface area contributed by atoms with Crippen LogP contribution in [0.2, 0.25) is 0 Å². The molecule has 3 rings (SSSR count). The molecule has 1 aliphatic carbocycles. The Bertz CT molecular complexity index is 784. The summed E-state index contributed by atoms with van der Waals surface area (Å²) in [5.41, 5.74) is 1.96. The molecule has 2 amide bonds. The molecule has 0 atom stereocenters. The van der Waals surface area contributed by atoms with Gasteiger partial charge < -0.3 is 15.4 Å². The fraction of sp³-hybridized carbons (Fsp3) is 0.300. The zero-order valence-electron chi connectivity index (χ0n) is 14.5. The largest absolute Gasteiger partial charge is 0.462 e. The zero-order valence-corrected chi connectivity index (χ0v) is 14.5. The number of esters is 1. The Morgan fingerprint density at radius 1 is 1.08 bits per heavy atom. The van der Waals surface area contributed by atoms with E-state index in [-0.39, 0.29) is 17.3 Å². The molecular weight excluding hydrogens is 335 g/mol. The number of carbonyl (C=O) groups excluding carboxylic acids is 2. The Morgan fingerprint density at radius 3 is 2.31 bits per heavy atom. The fourth-order valence-corrected chi connectivity index (χ4v) is 2.85. The summed E-state index contributed by atoms with van der Waals surface area (Å²) in [7, 11) is 0. The summed E-state index contributed by atoms with van der Waals surface area (Å²) in [6.07, 6.45) is 1.93. The van der Waals surface area contributed by atoms with E-state index in [0.29, 0.717) is 24.4 Å². The summed E-state index contributed by atoms with van der Waals surface area (Å²) in [6.45, 7) is 2.55. The number of urea groups is 1. The fourth-order valence-electron chi connectivity index (χ4n) is 2.85. The molecule has 0 aromatic heterocycles. The van der Waals surface area contributed by atoms with Gasteiger partial charge in [-0.1, -0.05) is 12.1 Å². The van der Waals surface area contributed by atoms with E-state index >= 15 is 0 Å². The van der Waals surface area contributed by atoms with Crippen LogP contribution < -0.4 is 10.6 Å². The SMILES string of the molecule is CCOC(=O)c1ccc(NC(=O)NCC2(c3ccc(F)cc3)CC2)cc1. The van der Waals surface area contributed by atoms with Crippen molar-refractivity contribution in [2.75, 3.05) is 18.5 Å². The van der Waals surface area contributed by atoms with Crippen LogP contribution in [0.15, 0.2) is 48.5 Å². The normalized spacial score (nSPS) is 14.4. The topological polar surface area (TPSA) is 67.4 Å². The molecule has 0 unspecified atom stereocenters. The van der Waals surface area contributed by atoms with Gasteiger partial charge in [-0.15, -0.1) is 0 Å². The predicted octanol–water partition coefficient (Wildman–Crippen LogP) is 3.86. The van der Waals surface area contributed by atoms with Crippen LogP contribution in [0.1, 0.15) is 35.7 Å². The second-order valence-electron chi connectivity index (χ2n) is 6.39. The monoisotopic (exact) mass is 356 g/mol. The highest BCUT2D eigenvalue weighted by Gasteiger charge is 2.44. The van der Waals surface area contributed by atoms with Crippen molar-refractivity contribution in [2.45, 2.75) is 25.2 Å². The summed E-state index contributed by atoms with van der Waals surface area (Å²) >= 11 is 0. The molecule has 1 saturated carbocycles. The number of amides is 2. The van der Waals surface area contributed by atoms with Gasteiger partial charge in [0.1, 0.15) is 5.82 Å². The maximum absolute atomic E-state index is 13.1. The van der Waals surface area contributed by atoms with Crippen molar-refractivity contribution in [3.63, 3.8) is 0 Å². The van der Waals surface area contributed by atoms with Crippen LogP contribution in [0.4, 0.5) is 14.9 Å². The van der Waals surface area contributed by atoms with Crippen molar-refractivity contribution < 1.29 is 18.7 Å². The van der Waals surface area contributed by atoms with Crippen LogP contribution >= 0.6 is 0 Å². The maximum Gasteiger partial charge on any atom is 0.338 e. The van der Waals surface area contributed by atoms with Gasteiger partial charge in [0.15, 0.2) is 0 Å². The Labute approximate surface area is 151 Å². The molecule has 0 aliphatic heterocycles. The van der Waals surface area contributed by atoms with E-state index in [0.717, 1.165) is 18.4 Å². The molecular formula is C20H21FN2O3. The van der Waals surface area contributed by atoms with Gasteiger partial charge in [0.25, 0.3) is 0 Å². The van der Waals surface area contributed by atoms with E-state index in [9.17, 15) is 14.0 Å². The summed E-state index contributed by atoms with van der Waals surface area (Å²) in [5.74, 6) is -0.653. The number of halogens is 1. The first-order valence-electron chi connectivity index (χ1n) is 8.60. The lowest BCUT2D eigenvalue weighted by atomic mass is 9.96. The second-order valence-corrected chi connectivity index (χ2v) is 6.39. The lowest BCUT2D eigenvalue weighted by molar-refractivity contribution is 0.0526. The highest BCUT2D eigenvalue weighted by Crippen LogP contribution is 2.47. The Hall–Kier alpha value is -2.89. The van der Waals surface area contributed by atoms with Gasteiger partial charge >= 0.3 is 12.0 Å². The van der Waals surface area contributed by atoms with Crippen molar-refractivity contribution in [3.05, 3.63) is 65.5 Å². The molecule has 6 heteroatoms. The van der Waals surface area contributed by atoms with Crippen LogP contribution in [-0.4, -0.2) is 25.2 Å². The molecule has 1 fully saturated rings. The van der Waals surface area contributed by atoms with Crippen LogP contribution in [0, 0.1) is 5.82 Å². The van der Waals surface area contributed by atoms with Crippen molar-refractivity contribution >= 4 is 17.7 Å². The molecule has 2 aromatic carbocycles. The summed E-state index contributed by atoms with van der Waals surface area (Å²) in [6, 6.07) is 12.6.